The third-order valence-electron chi connectivity index (χ3n) is 3.07. The minimum Gasteiger partial charge on any atom is -0.507 e. The van der Waals surface area contributed by atoms with E-state index >= 15 is 0 Å². The lowest BCUT2D eigenvalue weighted by Crippen LogP contribution is -2.29. The fourth-order valence-electron chi connectivity index (χ4n) is 1.88. The van der Waals surface area contributed by atoms with Gasteiger partial charge in [-0.15, -0.1) is 0 Å². The van der Waals surface area contributed by atoms with Crippen LogP contribution in [0.2, 0.25) is 0 Å². The van der Waals surface area contributed by atoms with Crippen LogP contribution in [-0.2, 0) is 9.53 Å². The van der Waals surface area contributed by atoms with Crippen LogP contribution in [0.4, 0.5) is 10.5 Å². The molecule has 0 aliphatic carbocycles. The number of hydrogen-bond acceptors (Lipinski definition) is 5. The molecule has 8 nitrogen and oxygen atoms in total. The van der Waals surface area contributed by atoms with Gasteiger partial charge in [0.2, 0.25) is 6.10 Å². The van der Waals surface area contributed by atoms with Crippen LogP contribution in [0, 0.1) is 0 Å². The highest BCUT2D eigenvalue weighted by Crippen LogP contribution is 2.22. The third kappa shape index (κ3) is 5.85. The highest BCUT2D eigenvalue weighted by Gasteiger charge is 2.22. The van der Waals surface area contributed by atoms with Crippen LogP contribution in [0.25, 0.3) is 0 Å². The largest absolute Gasteiger partial charge is 0.507 e. The molecule has 0 bridgehead atoms. The van der Waals surface area contributed by atoms with Gasteiger partial charge < -0.3 is 20.1 Å². The first-order valence-electron chi connectivity index (χ1n) is 7.12. The molecule has 23 heavy (non-hydrogen) atoms. The van der Waals surface area contributed by atoms with Crippen molar-refractivity contribution in [2.24, 2.45) is 0 Å². The normalized spacial score (nSPS) is 11.5. The number of rotatable bonds is 8. The molecule has 0 fully saturated rings. The Balaban J connectivity index is 2.65. The van der Waals surface area contributed by atoms with Crippen LogP contribution in [-0.4, -0.2) is 39.5 Å². The lowest BCUT2D eigenvalue weighted by atomic mass is 10.1. The number of aromatic carboxylic acids is 1. The van der Waals surface area contributed by atoms with Crippen LogP contribution < -0.4 is 5.32 Å². The number of amides is 1. The zero-order chi connectivity index (χ0) is 17.4. The SMILES string of the molecule is CCCCCC(OC(=O)Nc1ccc(C(=O)O)c(O)c1)C(=O)O. The van der Waals surface area contributed by atoms with Crippen LogP contribution in [0.1, 0.15) is 43.0 Å². The number of hydrogen-bond donors (Lipinski definition) is 4. The first kappa shape index (κ1) is 18.3. The summed E-state index contributed by atoms with van der Waals surface area (Å²) in [5.74, 6) is -3.06. The van der Waals surface area contributed by atoms with Gasteiger partial charge in [0.05, 0.1) is 0 Å². The van der Waals surface area contributed by atoms with E-state index in [-0.39, 0.29) is 17.7 Å². The van der Waals surface area contributed by atoms with Crippen molar-refractivity contribution in [1.82, 2.24) is 0 Å². The van der Waals surface area contributed by atoms with Gasteiger partial charge in [-0.3, -0.25) is 5.32 Å². The number of phenols is 1. The third-order valence-corrected chi connectivity index (χ3v) is 3.07. The number of aromatic hydroxyl groups is 1. The average molecular weight is 325 g/mol. The van der Waals surface area contributed by atoms with Crippen molar-refractivity contribution in [1.29, 1.82) is 0 Å². The Hall–Kier alpha value is -2.77. The smallest absolute Gasteiger partial charge is 0.412 e. The molecule has 1 aromatic rings. The minimum atomic E-state index is -1.31. The molecular formula is C15H19NO7. The molecule has 1 amide bonds. The number of unbranched alkanes of at least 4 members (excludes halogenated alkanes) is 2. The number of anilines is 1. The molecule has 126 valence electrons. The number of carbonyl (C=O) groups is 3. The maximum absolute atomic E-state index is 11.7. The quantitative estimate of drug-likeness (QED) is 0.540. The fourth-order valence-corrected chi connectivity index (χ4v) is 1.88. The summed E-state index contributed by atoms with van der Waals surface area (Å²) in [6.07, 6.45) is 0.326. The van der Waals surface area contributed by atoms with Gasteiger partial charge in [0.25, 0.3) is 0 Å². The van der Waals surface area contributed by atoms with Crippen LogP contribution >= 0.6 is 0 Å². The topological polar surface area (TPSA) is 133 Å². The van der Waals surface area contributed by atoms with Crippen molar-refractivity contribution in [2.45, 2.75) is 38.7 Å². The van der Waals surface area contributed by atoms with E-state index in [4.69, 9.17) is 14.9 Å². The molecule has 4 N–H and O–H groups in total. The van der Waals surface area contributed by atoms with Crippen LogP contribution in [0.5, 0.6) is 5.75 Å². The Morgan fingerprint density at radius 1 is 1.22 bits per heavy atom. The molecule has 8 heteroatoms. The van der Waals surface area contributed by atoms with E-state index in [9.17, 15) is 19.5 Å². The molecule has 0 aromatic heterocycles. The number of carboxylic acids is 2. The molecule has 1 rings (SSSR count). The Kier molecular flexibility index (Phi) is 6.85. The summed E-state index contributed by atoms with van der Waals surface area (Å²) >= 11 is 0. The predicted molar refractivity (Wildman–Crippen MR) is 80.7 cm³/mol. The van der Waals surface area contributed by atoms with Crippen LogP contribution in [0.15, 0.2) is 18.2 Å². The first-order valence-corrected chi connectivity index (χ1v) is 7.12. The molecule has 1 aromatic carbocycles. The Bertz CT molecular complexity index is 585. The summed E-state index contributed by atoms with van der Waals surface area (Å²) in [6, 6.07) is 3.41. The predicted octanol–water partition coefficient (Wildman–Crippen LogP) is 2.67. The van der Waals surface area contributed by atoms with Crippen LogP contribution in [0.3, 0.4) is 0 Å². The zero-order valence-corrected chi connectivity index (χ0v) is 12.6. The molecule has 0 saturated heterocycles. The van der Waals surface area contributed by atoms with Crippen molar-refractivity contribution >= 4 is 23.7 Å². The van der Waals surface area contributed by atoms with Gasteiger partial charge in [-0.05, 0) is 25.0 Å². The van der Waals surface area contributed by atoms with E-state index in [0.29, 0.717) is 6.42 Å². The number of carbonyl (C=O) groups excluding carboxylic acids is 1. The summed E-state index contributed by atoms with van der Waals surface area (Å²) in [7, 11) is 0. The highest BCUT2D eigenvalue weighted by molar-refractivity contribution is 5.93. The fraction of sp³-hybridized carbons (Fsp3) is 0.400. The standard InChI is InChI=1S/C15H19NO7/c1-2-3-4-5-12(14(20)21)23-15(22)16-9-6-7-10(13(18)19)11(17)8-9/h6-8,12,17H,2-5H2,1H3,(H,16,22)(H,18,19)(H,20,21). The van der Waals surface area contributed by atoms with Crippen molar-refractivity contribution in [2.75, 3.05) is 5.32 Å². The van der Waals surface area contributed by atoms with Gasteiger partial charge in [-0.2, -0.15) is 0 Å². The second-order valence-corrected chi connectivity index (χ2v) is 4.89. The second kappa shape index (κ2) is 8.62. The molecule has 0 aliphatic rings. The van der Waals surface area contributed by atoms with Crippen molar-refractivity contribution in [3.63, 3.8) is 0 Å². The molecule has 0 aliphatic heterocycles. The molecule has 1 atom stereocenters. The Morgan fingerprint density at radius 2 is 1.91 bits per heavy atom. The first-order chi connectivity index (χ1) is 10.8. The van der Waals surface area contributed by atoms with E-state index < -0.39 is 29.9 Å². The number of benzene rings is 1. The summed E-state index contributed by atoms with van der Waals surface area (Å²) in [4.78, 5) is 33.5. The molecule has 0 spiro atoms. The molecular weight excluding hydrogens is 306 g/mol. The van der Waals surface area contributed by atoms with Gasteiger partial charge in [0, 0.05) is 11.8 Å². The summed E-state index contributed by atoms with van der Waals surface area (Å²) in [5.41, 5.74) is -0.220. The molecule has 1 unspecified atom stereocenters. The number of aliphatic carboxylic acids is 1. The minimum absolute atomic E-state index is 0.0928. The van der Waals surface area contributed by atoms with E-state index in [1.165, 1.54) is 6.07 Å². The van der Waals surface area contributed by atoms with E-state index in [2.05, 4.69) is 5.32 Å². The van der Waals surface area contributed by atoms with Crippen molar-refractivity contribution in [3.05, 3.63) is 23.8 Å². The summed E-state index contributed by atoms with van der Waals surface area (Å²) in [6.45, 7) is 1.97. The lowest BCUT2D eigenvalue weighted by molar-refractivity contribution is -0.146. The van der Waals surface area contributed by atoms with Gasteiger partial charge in [-0.1, -0.05) is 19.8 Å². The number of carboxylic acid groups (broad SMARTS) is 2. The zero-order valence-electron chi connectivity index (χ0n) is 12.6. The van der Waals surface area contributed by atoms with E-state index in [0.717, 1.165) is 25.0 Å². The number of ether oxygens (including phenoxy) is 1. The Morgan fingerprint density at radius 3 is 2.43 bits per heavy atom. The highest BCUT2D eigenvalue weighted by atomic mass is 16.6. The lowest BCUT2D eigenvalue weighted by Gasteiger charge is -2.14. The van der Waals surface area contributed by atoms with Crippen molar-refractivity contribution in [3.8, 4) is 5.75 Å². The second-order valence-electron chi connectivity index (χ2n) is 4.89. The Labute approximate surface area is 132 Å². The van der Waals surface area contributed by atoms with E-state index in [1.54, 1.807) is 0 Å². The monoisotopic (exact) mass is 325 g/mol. The summed E-state index contributed by atoms with van der Waals surface area (Å²) in [5, 5.41) is 29.6. The average Bonchev–Trinajstić information content (AvgIpc) is 2.45. The molecule has 0 radical (unpaired) electrons. The number of nitrogens with one attached hydrogen (secondary N) is 1. The molecule has 0 saturated carbocycles. The van der Waals surface area contributed by atoms with Gasteiger partial charge in [0.15, 0.2) is 0 Å². The van der Waals surface area contributed by atoms with Crippen molar-refractivity contribution < 1.29 is 34.4 Å². The van der Waals surface area contributed by atoms with Gasteiger partial charge >= 0.3 is 18.0 Å². The summed E-state index contributed by atoms with van der Waals surface area (Å²) < 4.78 is 4.83. The maximum Gasteiger partial charge on any atom is 0.412 e. The van der Waals surface area contributed by atoms with Gasteiger partial charge in [0.1, 0.15) is 11.3 Å². The van der Waals surface area contributed by atoms with E-state index in [1.807, 2.05) is 6.92 Å². The molecule has 0 heterocycles. The van der Waals surface area contributed by atoms with Gasteiger partial charge in [-0.25, -0.2) is 14.4 Å². The maximum atomic E-state index is 11.7.